The molecular weight excluding hydrogens is 501 g/mol. The van der Waals surface area contributed by atoms with Crippen LogP contribution in [0.2, 0.25) is 0 Å². The Bertz CT molecular complexity index is 1770. The van der Waals surface area contributed by atoms with Gasteiger partial charge in [-0.25, -0.2) is 0 Å². The van der Waals surface area contributed by atoms with Crippen LogP contribution in [-0.4, -0.2) is 18.3 Å². The van der Waals surface area contributed by atoms with E-state index in [-0.39, 0.29) is 0 Å². The summed E-state index contributed by atoms with van der Waals surface area (Å²) >= 11 is 0. The Hall–Kier alpha value is -4.12. The van der Waals surface area contributed by atoms with E-state index in [0.717, 1.165) is 11.2 Å². The number of para-hydroxylation sites is 2. The van der Waals surface area contributed by atoms with E-state index in [1.165, 1.54) is 44.8 Å². The highest BCUT2D eigenvalue weighted by Crippen LogP contribution is 2.63. The van der Waals surface area contributed by atoms with Crippen molar-refractivity contribution in [2.24, 2.45) is 0 Å². The second-order valence-electron chi connectivity index (χ2n) is 12.4. The van der Waals surface area contributed by atoms with Crippen molar-refractivity contribution in [3.8, 4) is 11.1 Å². The molecule has 3 nitrogen and oxygen atoms in total. The molecule has 0 unspecified atom stereocenters. The predicted molar refractivity (Wildman–Crippen MR) is 168 cm³/mol. The molecule has 2 aliphatic heterocycles. The molecular formula is C37H32BNO2. The lowest BCUT2D eigenvalue weighted by atomic mass is 9.63. The highest BCUT2D eigenvalue weighted by atomic mass is 16.7. The number of rotatable bonds is 2. The van der Waals surface area contributed by atoms with Crippen LogP contribution in [0.5, 0.6) is 0 Å². The second-order valence-corrected chi connectivity index (χ2v) is 12.4. The van der Waals surface area contributed by atoms with Gasteiger partial charge in [-0.15, -0.1) is 0 Å². The van der Waals surface area contributed by atoms with Crippen LogP contribution >= 0.6 is 0 Å². The highest BCUT2D eigenvalue weighted by molar-refractivity contribution is 6.62. The van der Waals surface area contributed by atoms with Gasteiger partial charge < -0.3 is 14.2 Å². The Kier molecular flexibility index (Phi) is 5.08. The topological polar surface area (TPSA) is 21.7 Å². The maximum atomic E-state index is 6.58. The van der Waals surface area contributed by atoms with Gasteiger partial charge in [0.25, 0.3) is 0 Å². The molecule has 5 aromatic rings. The first kappa shape index (κ1) is 24.7. The van der Waals surface area contributed by atoms with Crippen LogP contribution in [0.25, 0.3) is 11.1 Å². The fourth-order valence-corrected chi connectivity index (χ4v) is 7.11. The molecule has 1 aliphatic carbocycles. The van der Waals surface area contributed by atoms with Gasteiger partial charge >= 0.3 is 7.12 Å². The van der Waals surface area contributed by atoms with Crippen molar-refractivity contribution in [3.05, 3.63) is 144 Å². The van der Waals surface area contributed by atoms with Crippen LogP contribution in [0.4, 0.5) is 17.1 Å². The first-order valence-corrected chi connectivity index (χ1v) is 14.5. The largest absolute Gasteiger partial charge is 0.494 e. The summed E-state index contributed by atoms with van der Waals surface area (Å²) in [5, 5.41) is 0. The molecule has 5 aromatic carbocycles. The van der Waals surface area contributed by atoms with Crippen molar-refractivity contribution in [2.75, 3.05) is 4.90 Å². The minimum Gasteiger partial charge on any atom is -0.399 e. The number of benzene rings is 5. The fraction of sp³-hybridized carbons (Fsp3) is 0.189. The summed E-state index contributed by atoms with van der Waals surface area (Å²) in [7, 11) is -0.448. The van der Waals surface area contributed by atoms with E-state index in [1.54, 1.807) is 0 Å². The molecule has 2 heterocycles. The molecule has 0 atom stereocenters. The zero-order valence-corrected chi connectivity index (χ0v) is 23.9. The van der Waals surface area contributed by atoms with Gasteiger partial charge in [-0.3, -0.25) is 0 Å². The minimum atomic E-state index is -0.482. The molecule has 0 N–H and O–H groups in total. The van der Waals surface area contributed by atoms with E-state index in [0.29, 0.717) is 0 Å². The van der Waals surface area contributed by atoms with Crippen molar-refractivity contribution < 1.29 is 9.31 Å². The standard InChI is InChI=1S/C37H32BNO2/c1-35(2)36(3,4)41-38(40-35)25-22-23-34-32(24-25)37(29-18-10-8-16-27(29)28-17-9-11-19-30(28)37)31-20-12-13-21-33(31)39(34)26-14-6-5-7-15-26/h5-24H,1-4H3. The monoisotopic (exact) mass is 533 g/mol. The SMILES string of the molecule is CC1(C)OB(c2ccc3c(c2)C2(c4ccccc4-c4ccccc42)c2ccccc2N3c2ccccc2)OC1(C)C. The van der Waals surface area contributed by atoms with Crippen molar-refractivity contribution in [1.82, 2.24) is 0 Å². The number of fused-ring (bicyclic) bond motifs is 9. The smallest absolute Gasteiger partial charge is 0.399 e. The first-order valence-electron chi connectivity index (χ1n) is 14.5. The van der Waals surface area contributed by atoms with Gasteiger partial charge in [-0.2, -0.15) is 0 Å². The predicted octanol–water partition coefficient (Wildman–Crippen LogP) is 8.13. The fourth-order valence-electron chi connectivity index (χ4n) is 7.11. The molecule has 0 bridgehead atoms. The molecule has 1 fully saturated rings. The minimum absolute atomic E-state index is 0.416. The Balaban J connectivity index is 1.47. The van der Waals surface area contributed by atoms with E-state index < -0.39 is 23.7 Å². The van der Waals surface area contributed by atoms with Gasteiger partial charge in [0, 0.05) is 5.69 Å². The summed E-state index contributed by atoms with van der Waals surface area (Å²) in [5.74, 6) is 0. The summed E-state index contributed by atoms with van der Waals surface area (Å²) in [6.07, 6.45) is 0. The van der Waals surface area contributed by atoms with Gasteiger partial charge in [0.15, 0.2) is 0 Å². The maximum Gasteiger partial charge on any atom is 0.494 e. The molecule has 0 amide bonds. The maximum absolute atomic E-state index is 6.58. The van der Waals surface area contributed by atoms with Crippen molar-refractivity contribution >= 4 is 29.6 Å². The molecule has 200 valence electrons. The van der Waals surface area contributed by atoms with Gasteiger partial charge in [0.1, 0.15) is 0 Å². The average molecular weight is 533 g/mol. The molecule has 1 spiro atoms. The number of anilines is 3. The molecule has 3 aliphatic rings. The molecule has 4 heteroatoms. The second kappa shape index (κ2) is 8.45. The third-order valence-electron chi connectivity index (χ3n) is 9.71. The third kappa shape index (κ3) is 3.23. The van der Waals surface area contributed by atoms with E-state index in [4.69, 9.17) is 9.31 Å². The molecule has 0 radical (unpaired) electrons. The van der Waals surface area contributed by atoms with E-state index in [1.807, 2.05) is 0 Å². The van der Waals surface area contributed by atoms with Gasteiger partial charge in [0.05, 0.1) is 28.0 Å². The Labute approximate surface area is 242 Å². The van der Waals surface area contributed by atoms with Crippen molar-refractivity contribution in [3.63, 3.8) is 0 Å². The molecule has 0 aromatic heterocycles. The van der Waals surface area contributed by atoms with Crippen molar-refractivity contribution in [2.45, 2.75) is 44.3 Å². The first-order chi connectivity index (χ1) is 19.8. The Morgan fingerprint density at radius 2 is 1.02 bits per heavy atom. The number of nitrogens with zero attached hydrogens (tertiary/aromatic N) is 1. The molecule has 1 saturated heterocycles. The van der Waals surface area contributed by atoms with Crippen LogP contribution < -0.4 is 10.4 Å². The summed E-state index contributed by atoms with van der Waals surface area (Å²) in [4.78, 5) is 2.41. The Morgan fingerprint density at radius 3 is 1.66 bits per heavy atom. The van der Waals surface area contributed by atoms with E-state index in [2.05, 4.69) is 154 Å². The average Bonchev–Trinajstić information content (AvgIpc) is 3.41. The zero-order chi connectivity index (χ0) is 28.0. The zero-order valence-electron chi connectivity index (χ0n) is 23.9. The lowest BCUT2D eigenvalue weighted by Crippen LogP contribution is -2.41. The van der Waals surface area contributed by atoms with Crippen molar-refractivity contribution in [1.29, 1.82) is 0 Å². The Morgan fingerprint density at radius 1 is 0.512 bits per heavy atom. The summed E-state index contributed by atoms with van der Waals surface area (Å²) < 4.78 is 13.2. The molecule has 41 heavy (non-hydrogen) atoms. The summed E-state index contributed by atoms with van der Waals surface area (Å²) in [6.45, 7) is 8.46. The number of hydrogen-bond acceptors (Lipinski definition) is 3. The lowest BCUT2D eigenvalue weighted by molar-refractivity contribution is 0.00578. The quantitative estimate of drug-likeness (QED) is 0.210. The van der Waals surface area contributed by atoms with Crippen LogP contribution in [0.3, 0.4) is 0 Å². The summed E-state index contributed by atoms with van der Waals surface area (Å²) in [6, 6.07) is 44.2. The van der Waals surface area contributed by atoms with Gasteiger partial charge in [-0.1, -0.05) is 97.1 Å². The molecule has 8 rings (SSSR count). The van der Waals surface area contributed by atoms with Crippen LogP contribution in [0.1, 0.15) is 49.9 Å². The number of hydrogen-bond donors (Lipinski definition) is 0. The van der Waals surface area contributed by atoms with Gasteiger partial charge in [-0.05, 0) is 90.8 Å². The van der Waals surface area contributed by atoms with Gasteiger partial charge in [0.2, 0.25) is 0 Å². The van der Waals surface area contributed by atoms with Crippen LogP contribution in [-0.2, 0) is 14.7 Å². The van der Waals surface area contributed by atoms with E-state index in [9.17, 15) is 0 Å². The van der Waals surface area contributed by atoms with Crippen LogP contribution in [0.15, 0.2) is 121 Å². The third-order valence-corrected chi connectivity index (χ3v) is 9.71. The lowest BCUT2D eigenvalue weighted by Gasteiger charge is -2.45. The van der Waals surface area contributed by atoms with E-state index >= 15 is 0 Å². The highest BCUT2D eigenvalue weighted by Gasteiger charge is 2.54. The summed E-state index contributed by atoms with van der Waals surface area (Å²) in [5.41, 5.74) is 11.0. The van der Waals surface area contributed by atoms with Crippen LogP contribution in [0, 0.1) is 0 Å². The normalized spacial score (nSPS) is 18.5. The molecule has 0 saturated carbocycles.